The fourth-order valence-corrected chi connectivity index (χ4v) is 5.07. The number of carbonyl (C=O) groups is 3. The molecule has 4 rings (SSSR count). The predicted molar refractivity (Wildman–Crippen MR) is 125 cm³/mol. The van der Waals surface area contributed by atoms with Crippen molar-refractivity contribution in [1.29, 1.82) is 0 Å². The van der Waals surface area contributed by atoms with Crippen molar-refractivity contribution in [3.8, 4) is 11.1 Å². The number of fused-ring (bicyclic) bond motifs is 3. The van der Waals surface area contributed by atoms with Crippen LogP contribution in [0.25, 0.3) is 11.1 Å². The number of carbonyl (C=O) groups excluding carboxylic acids is 2. The Morgan fingerprint density at radius 1 is 1.12 bits per heavy atom. The Balaban J connectivity index is 1.45. The fourth-order valence-electron chi connectivity index (χ4n) is 5.07. The number of hydrogen-bond acceptors (Lipinski definition) is 5. The number of ether oxygens (including phenoxy) is 1. The standard InChI is InChI=1S/C26H30N2O6/c1-3-12-25(2,22(29)28-14-13-26(33,16-28)23(30)31)27-24(32)34-15-21-19-10-6-4-8-17(19)18-9-5-7-11-20(18)21/h4-11,21,33H,3,12-16H2,1-2H3,(H,27,32)(H,30,31). The van der Waals surface area contributed by atoms with Crippen LogP contribution in [-0.4, -0.2) is 63.9 Å². The average molecular weight is 467 g/mol. The molecule has 8 nitrogen and oxygen atoms in total. The molecule has 1 aliphatic heterocycles. The summed E-state index contributed by atoms with van der Waals surface area (Å²) in [7, 11) is 0. The minimum atomic E-state index is -1.97. The summed E-state index contributed by atoms with van der Waals surface area (Å²) in [6, 6.07) is 16.1. The molecular formula is C26H30N2O6. The van der Waals surface area contributed by atoms with Gasteiger partial charge in [-0.15, -0.1) is 0 Å². The molecule has 2 amide bonds. The number of aliphatic hydroxyl groups is 1. The van der Waals surface area contributed by atoms with Crippen LogP contribution < -0.4 is 5.32 Å². The van der Waals surface area contributed by atoms with E-state index >= 15 is 0 Å². The van der Waals surface area contributed by atoms with Crippen molar-refractivity contribution >= 4 is 18.0 Å². The third kappa shape index (κ3) is 4.25. The molecule has 34 heavy (non-hydrogen) atoms. The number of nitrogens with one attached hydrogen (secondary N) is 1. The van der Waals surface area contributed by atoms with Crippen molar-refractivity contribution in [2.75, 3.05) is 19.7 Å². The van der Waals surface area contributed by atoms with Crippen LogP contribution >= 0.6 is 0 Å². The average Bonchev–Trinajstić information content (AvgIpc) is 3.37. The number of carboxylic acid groups (broad SMARTS) is 1. The first-order chi connectivity index (χ1) is 16.2. The highest BCUT2D eigenvalue weighted by Crippen LogP contribution is 2.44. The number of likely N-dealkylation sites (tertiary alicyclic amines) is 1. The highest BCUT2D eigenvalue weighted by atomic mass is 16.5. The van der Waals surface area contributed by atoms with Crippen LogP contribution in [0.5, 0.6) is 0 Å². The van der Waals surface area contributed by atoms with Crippen molar-refractivity contribution in [3.63, 3.8) is 0 Å². The molecule has 0 aromatic heterocycles. The Labute approximate surface area is 198 Å². The molecule has 180 valence electrons. The molecule has 8 heteroatoms. The number of amides is 2. The molecule has 2 aliphatic rings. The van der Waals surface area contributed by atoms with E-state index in [1.165, 1.54) is 4.90 Å². The summed E-state index contributed by atoms with van der Waals surface area (Å²) in [5, 5.41) is 22.2. The van der Waals surface area contributed by atoms with Crippen molar-refractivity contribution in [3.05, 3.63) is 59.7 Å². The first kappa shape index (κ1) is 23.8. The van der Waals surface area contributed by atoms with E-state index in [1.54, 1.807) is 6.92 Å². The number of carboxylic acids is 1. The van der Waals surface area contributed by atoms with Gasteiger partial charge in [-0.05, 0) is 35.6 Å². The van der Waals surface area contributed by atoms with Crippen molar-refractivity contribution < 1.29 is 29.3 Å². The van der Waals surface area contributed by atoms with Gasteiger partial charge in [0, 0.05) is 18.9 Å². The lowest BCUT2D eigenvalue weighted by molar-refractivity contribution is -0.157. The van der Waals surface area contributed by atoms with Crippen molar-refractivity contribution in [2.45, 2.75) is 50.2 Å². The largest absolute Gasteiger partial charge is 0.479 e. The van der Waals surface area contributed by atoms with Gasteiger partial charge in [0.2, 0.25) is 5.91 Å². The van der Waals surface area contributed by atoms with Crippen LogP contribution in [0.15, 0.2) is 48.5 Å². The zero-order valence-corrected chi connectivity index (χ0v) is 19.4. The molecule has 2 aromatic carbocycles. The number of nitrogens with zero attached hydrogens (tertiary/aromatic N) is 1. The Hall–Kier alpha value is -3.39. The van der Waals surface area contributed by atoms with E-state index in [4.69, 9.17) is 4.74 Å². The summed E-state index contributed by atoms with van der Waals surface area (Å²) < 4.78 is 5.61. The molecule has 2 unspecified atom stereocenters. The van der Waals surface area contributed by atoms with Crippen molar-refractivity contribution in [2.24, 2.45) is 0 Å². The van der Waals surface area contributed by atoms with Crippen LogP contribution in [0.2, 0.25) is 0 Å². The van der Waals surface area contributed by atoms with Gasteiger partial charge in [0.25, 0.3) is 0 Å². The first-order valence-corrected chi connectivity index (χ1v) is 11.6. The van der Waals surface area contributed by atoms with Gasteiger partial charge in [-0.2, -0.15) is 0 Å². The van der Waals surface area contributed by atoms with Gasteiger partial charge in [-0.25, -0.2) is 9.59 Å². The third-order valence-corrected chi connectivity index (χ3v) is 6.88. The van der Waals surface area contributed by atoms with E-state index < -0.39 is 29.1 Å². The maximum atomic E-state index is 13.2. The molecular weight excluding hydrogens is 436 g/mol. The van der Waals surface area contributed by atoms with Gasteiger partial charge < -0.3 is 25.2 Å². The van der Waals surface area contributed by atoms with E-state index in [1.807, 2.05) is 43.3 Å². The summed E-state index contributed by atoms with van der Waals surface area (Å²) >= 11 is 0. The fraction of sp³-hybridized carbons (Fsp3) is 0.423. The van der Waals surface area contributed by atoms with E-state index in [0.29, 0.717) is 12.8 Å². The Bertz CT molecular complexity index is 1070. The van der Waals surface area contributed by atoms with Gasteiger partial charge in [0.1, 0.15) is 12.1 Å². The number of alkyl carbamates (subject to hydrolysis) is 1. The molecule has 0 radical (unpaired) electrons. The number of benzene rings is 2. The molecule has 3 N–H and O–H groups in total. The van der Waals surface area contributed by atoms with Gasteiger partial charge >= 0.3 is 12.1 Å². The highest BCUT2D eigenvalue weighted by molar-refractivity contribution is 5.91. The number of hydrogen-bond donors (Lipinski definition) is 3. The van der Waals surface area contributed by atoms with Crippen LogP contribution in [0.1, 0.15) is 50.2 Å². The zero-order chi connectivity index (χ0) is 24.5. The number of rotatable bonds is 7. The van der Waals surface area contributed by atoms with E-state index in [0.717, 1.165) is 22.3 Å². The SMILES string of the molecule is CCCC(C)(NC(=O)OCC1c2ccccc2-c2ccccc21)C(=O)N1CCC(O)(C(=O)O)C1. The maximum Gasteiger partial charge on any atom is 0.408 e. The van der Waals surface area contributed by atoms with Gasteiger partial charge in [0.05, 0.1) is 6.54 Å². The van der Waals surface area contributed by atoms with E-state index in [9.17, 15) is 24.6 Å². The minimum absolute atomic E-state index is 0.0543. The van der Waals surface area contributed by atoms with Crippen LogP contribution in [0, 0.1) is 0 Å². The van der Waals surface area contributed by atoms with Crippen molar-refractivity contribution in [1.82, 2.24) is 10.2 Å². The van der Waals surface area contributed by atoms with Gasteiger partial charge in [0.15, 0.2) is 5.60 Å². The highest BCUT2D eigenvalue weighted by Gasteiger charge is 2.48. The molecule has 2 aromatic rings. The predicted octanol–water partition coefficient (Wildman–Crippen LogP) is 3.13. The lowest BCUT2D eigenvalue weighted by Crippen LogP contribution is -2.58. The molecule has 0 spiro atoms. The lowest BCUT2D eigenvalue weighted by Gasteiger charge is -2.33. The molecule has 1 fully saturated rings. The van der Waals surface area contributed by atoms with E-state index in [2.05, 4.69) is 17.4 Å². The van der Waals surface area contributed by atoms with Crippen LogP contribution in [0.3, 0.4) is 0 Å². The minimum Gasteiger partial charge on any atom is -0.479 e. The summed E-state index contributed by atoms with van der Waals surface area (Å²) in [4.78, 5) is 38.7. The molecule has 2 atom stereocenters. The Kier molecular flexibility index (Phi) is 6.36. The second-order valence-corrected chi connectivity index (χ2v) is 9.35. The second kappa shape index (κ2) is 9.10. The molecule has 1 heterocycles. The molecule has 0 saturated carbocycles. The third-order valence-electron chi connectivity index (χ3n) is 6.88. The summed E-state index contributed by atoms with van der Waals surface area (Å²) in [5.41, 5.74) is 1.19. The smallest absolute Gasteiger partial charge is 0.408 e. The number of β-amino-alcohol motifs (C(OH)–C–C–N with tert-alkyl or cyclic N) is 1. The summed E-state index contributed by atoms with van der Waals surface area (Å²) in [6.45, 7) is 3.42. The van der Waals surface area contributed by atoms with Gasteiger partial charge in [-0.3, -0.25) is 4.79 Å². The quantitative estimate of drug-likeness (QED) is 0.577. The number of aliphatic carboxylic acids is 1. The monoisotopic (exact) mass is 466 g/mol. The van der Waals surface area contributed by atoms with Gasteiger partial charge in [-0.1, -0.05) is 61.9 Å². The Morgan fingerprint density at radius 2 is 1.71 bits per heavy atom. The Morgan fingerprint density at radius 3 is 2.24 bits per heavy atom. The maximum absolute atomic E-state index is 13.2. The lowest BCUT2D eigenvalue weighted by atomic mass is 9.94. The molecule has 0 bridgehead atoms. The zero-order valence-electron chi connectivity index (χ0n) is 19.4. The van der Waals surface area contributed by atoms with Crippen LogP contribution in [0.4, 0.5) is 4.79 Å². The topological polar surface area (TPSA) is 116 Å². The normalized spacial score (nSPS) is 20.9. The second-order valence-electron chi connectivity index (χ2n) is 9.35. The summed E-state index contributed by atoms with van der Waals surface area (Å²) in [6.07, 6.45) is 0.196. The summed E-state index contributed by atoms with van der Waals surface area (Å²) in [5.74, 6) is -1.89. The van der Waals surface area contributed by atoms with E-state index in [-0.39, 0.29) is 32.0 Å². The van der Waals surface area contributed by atoms with Crippen LogP contribution in [-0.2, 0) is 14.3 Å². The molecule has 1 aliphatic carbocycles. The first-order valence-electron chi connectivity index (χ1n) is 11.6. The molecule has 1 saturated heterocycles.